The summed E-state index contributed by atoms with van der Waals surface area (Å²) in [5, 5.41) is 0. The van der Waals surface area contributed by atoms with Crippen LogP contribution in [0, 0.1) is 0 Å². The lowest BCUT2D eigenvalue weighted by Crippen LogP contribution is -2.12. The lowest BCUT2D eigenvalue weighted by atomic mass is 10.1. The molecule has 0 radical (unpaired) electrons. The van der Waals surface area contributed by atoms with Crippen molar-refractivity contribution in [1.82, 2.24) is 0 Å². The highest BCUT2D eigenvalue weighted by atomic mass is 35.5. The molecule has 2 heteroatoms. The van der Waals surface area contributed by atoms with Gasteiger partial charge in [0.25, 0.3) is 0 Å². The summed E-state index contributed by atoms with van der Waals surface area (Å²) in [7, 11) is 2.14. The molecule has 1 aromatic rings. The van der Waals surface area contributed by atoms with Gasteiger partial charge in [-0.2, -0.15) is 0 Å². The van der Waals surface area contributed by atoms with Crippen LogP contribution in [-0.2, 0) is 6.42 Å². The molecule has 0 bridgehead atoms. The van der Waals surface area contributed by atoms with Crippen molar-refractivity contribution in [1.29, 1.82) is 0 Å². The Morgan fingerprint density at radius 3 is 3.14 bits per heavy atom. The molecule has 1 aromatic carbocycles. The van der Waals surface area contributed by atoms with Gasteiger partial charge in [0.2, 0.25) is 0 Å². The molecule has 1 aliphatic heterocycles. The third-order valence-electron chi connectivity index (χ3n) is 2.63. The number of allylic oxidation sites excluding steroid dienone is 1. The number of hydrogen-bond donors (Lipinski definition) is 0. The molecular weight excluding hydrogens is 194 g/mol. The fourth-order valence-electron chi connectivity index (χ4n) is 1.87. The lowest BCUT2D eigenvalue weighted by molar-refractivity contribution is 0.956. The number of likely N-dealkylation sites (N-methyl/N-ethyl adjacent to an activating group) is 1. The van der Waals surface area contributed by atoms with Crippen LogP contribution in [-0.4, -0.2) is 19.5 Å². The first-order chi connectivity index (χ1) is 6.81. The molecule has 1 nitrogen and oxygen atoms in total. The standard InChI is InChI=1S/C12H14ClN/c1-14-8-6-11-9-10(3-2-7-13)4-5-12(11)14/h2-5,9H,6-8H2,1H3/b3-2+. The van der Waals surface area contributed by atoms with Gasteiger partial charge in [0.05, 0.1) is 0 Å². The highest BCUT2D eigenvalue weighted by Gasteiger charge is 2.14. The summed E-state index contributed by atoms with van der Waals surface area (Å²) in [6, 6.07) is 6.59. The van der Waals surface area contributed by atoms with Gasteiger partial charge in [-0.1, -0.05) is 18.2 Å². The molecule has 0 spiro atoms. The first-order valence-corrected chi connectivity index (χ1v) is 5.41. The Morgan fingerprint density at radius 2 is 2.36 bits per heavy atom. The van der Waals surface area contributed by atoms with E-state index in [1.807, 2.05) is 6.08 Å². The largest absolute Gasteiger partial charge is 0.374 e. The number of anilines is 1. The van der Waals surface area contributed by atoms with Crippen molar-refractivity contribution in [3.63, 3.8) is 0 Å². The Kier molecular flexibility index (Phi) is 2.78. The van der Waals surface area contributed by atoms with Crippen LogP contribution < -0.4 is 4.90 Å². The van der Waals surface area contributed by atoms with E-state index in [1.165, 1.54) is 16.8 Å². The van der Waals surface area contributed by atoms with Gasteiger partial charge in [-0.25, -0.2) is 0 Å². The summed E-state index contributed by atoms with van der Waals surface area (Å²) in [5.74, 6) is 0.580. The number of rotatable bonds is 2. The molecule has 74 valence electrons. The first-order valence-electron chi connectivity index (χ1n) is 4.88. The zero-order valence-electron chi connectivity index (χ0n) is 8.33. The topological polar surface area (TPSA) is 3.24 Å². The Bertz CT molecular complexity index is 357. The van der Waals surface area contributed by atoms with E-state index in [2.05, 4.69) is 36.2 Å². The van der Waals surface area contributed by atoms with Crippen LogP contribution in [0.5, 0.6) is 0 Å². The third kappa shape index (κ3) is 1.78. The van der Waals surface area contributed by atoms with Gasteiger partial charge in [0, 0.05) is 25.2 Å². The number of fused-ring (bicyclic) bond motifs is 1. The van der Waals surface area contributed by atoms with E-state index in [1.54, 1.807) is 0 Å². The minimum Gasteiger partial charge on any atom is -0.374 e. The molecule has 1 aliphatic rings. The molecule has 0 saturated carbocycles. The molecule has 0 amide bonds. The highest BCUT2D eigenvalue weighted by Crippen LogP contribution is 2.27. The Hall–Kier alpha value is -0.950. The summed E-state index contributed by atoms with van der Waals surface area (Å²) < 4.78 is 0. The molecule has 0 saturated heterocycles. The maximum Gasteiger partial charge on any atom is 0.0407 e. The van der Waals surface area contributed by atoms with Gasteiger partial charge in [0.15, 0.2) is 0 Å². The second kappa shape index (κ2) is 4.05. The van der Waals surface area contributed by atoms with Crippen LogP contribution in [0.4, 0.5) is 5.69 Å². The van der Waals surface area contributed by atoms with Crippen LogP contribution in [0.1, 0.15) is 11.1 Å². The second-order valence-corrected chi connectivity index (χ2v) is 3.92. The maximum absolute atomic E-state index is 5.60. The molecule has 0 fully saturated rings. The van der Waals surface area contributed by atoms with E-state index in [4.69, 9.17) is 11.6 Å². The maximum atomic E-state index is 5.60. The molecule has 0 aromatic heterocycles. The monoisotopic (exact) mass is 207 g/mol. The first kappa shape index (κ1) is 9.60. The van der Waals surface area contributed by atoms with Gasteiger partial charge < -0.3 is 4.90 Å². The smallest absolute Gasteiger partial charge is 0.0407 e. The molecule has 0 atom stereocenters. The summed E-state index contributed by atoms with van der Waals surface area (Å²) in [4.78, 5) is 2.30. The van der Waals surface area contributed by atoms with E-state index < -0.39 is 0 Å². The highest BCUT2D eigenvalue weighted by molar-refractivity contribution is 6.19. The minimum absolute atomic E-state index is 0.580. The van der Waals surface area contributed by atoms with Gasteiger partial charge in [-0.3, -0.25) is 0 Å². The van der Waals surface area contributed by atoms with Crippen LogP contribution in [0.2, 0.25) is 0 Å². The number of nitrogens with zero attached hydrogens (tertiary/aromatic N) is 1. The molecule has 2 rings (SSSR count). The van der Waals surface area contributed by atoms with E-state index in [-0.39, 0.29) is 0 Å². The van der Waals surface area contributed by atoms with E-state index >= 15 is 0 Å². The van der Waals surface area contributed by atoms with E-state index in [9.17, 15) is 0 Å². The normalized spacial score (nSPS) is 15.1. The quantitative estimate of drug-likeness (QED) is 0.675. The van der Waals surface area contributed by atoms with Gasteiger partial charge in [0.1, 0.15) is 0 Å². The molecule has 0 N–H and O–H groups in total. The number of hydrogen-bond acceptors (Lipinski definition) is 1. The molecular formula is C12H14ClN. The Labute approximate surface area is 90.0 Å². The van der Waals surface area contributed by atoms with Crippen molar-refractivity contribution in [3.8, 4) is 0 Å². The molecule has 14 heavy (non-hydrogen) atoms. The zero-order valence-corrected chi connectivity index (χ0v) is 9.09. The summed E-state index contributed by atoms with van der Waals surface area (Å²) in [6.45, 7) is 1.14. The molecule has 0 aliphatic carbocycles. The van der Waals surface area contributed by atoms with Crippen molar-refractivity contribution in [2.75, 3.05) is 24.4 Å². The Balaban J connectivity index is 2.28. The summed E-state index contributed by atoms with van der Waals surface area (Å²) >= 11 is 5.60. The second-order valence-electron chi connectivity index (χ2n) is 3.62. The fourth-order valence-corrected chi connectivity index (χ4v) is 1.96. The van der Waals surface area contributed by atoms with E-state index in [0.29, 0.717) is 5.88 Å². The van der Waals surface area contributed by atoms with Crippen LogP contribution in [0.3, 0.4) is 0 Å². The SMILES string of the molecule is CN1CCc2cc(/C=C/CCl)ccc21. The number of alkyl halides is 1. The zero-order chi connectivity index (χ0) is 9.97. The fraction of sp³-hybridized carbons (Fsp3) is 0.333. The number of halogens is 1. The van der Waals surface area contributed by atoms with Gasteiger partial charge in [-0.05, 0) is 29.7 Å². The minimum atomic E-state index is 0.580. The molecule has 1 heterocycles. The van der Waals surface area contributed by atoms with Crippen LogP contribution >= 0.6 is 11.6 Å². The van der Waals surface area contributed by atoms with Gasteiger partial charge >= 0.3 is 0 Å². The van der Waals surface area contributed by atoms with E-state index in [0.717, 1.165) is 13.0 Å². The van der Waals surface area contributed by atoms with Crippen molar-refractivity contribution < 1.29 is 0 Å². The van der Waals surface area contributed by atoms with Crippen LogP contribution in [0.15, 0.2) is 24.3 Å². The van der Waals surface area contributed by atoms with Gasteiger partial charge in [-0.15, -0.1) is 11.6 Å². The lowest BCUT2D eigenvalue weighted by Gasteiger charge is -2.11. The predicted octanol–water partition coefficient (Wildman–Crippen LogP) is 2.93. The third-order valence-corrected chi connectivity index (χ3v) is 2.81. The molecule has 0 unspecified atom stereocenters. The number of benzene rings is 1. The Morgan fingerprint density at radius 1 is 1.50 bits per heavy atom. The summed E-state index contributed by atoms with van der Waals surface area (Å²) in [6.07, 6.45) is 5.21. The van der Waals surface area contributed by atoms with Crippen molar-refractivity contribution in [3.05, 3.63) is 35.4 Å². The van der Waals surface area contributed by atoms with Crippen molar-refractivity contribution >= 4 is 23.4 Å². The van der Waals surface area contributed by atoms with Crippen LogP contribution in [0.25, 0.3) is 6.08 Å². The predicted molar refractivity (Wildman–Crippen MR) is 63.2 cm³/mol. The van der Waals surface area contributed by atoms with Crippen molar-refractivity contribution in [2.24, 2.45) is 0 Å². The summed E-state index contributed by atoms with van der Waals surface area (Å²) in [5.41, 5.74) is 4.07. The average molecular weight is 208 g/mol. The average Bonchev–Trinajstić information content (AvgIpc) is 2.57. The van der Waals surface area contributed by atoms with Crippen molar-refractivity contribution in [2.45, 2.75) is 6.42 Å².